The molecule has 1 aliphatic rings. The molecule has 0 unspecified atom stereocenters. The number of carbonyl (C=O) groups excluding carboxylic acids is 3. The van der Waals surface area contributed by atoms with Crippen LogP contribution in [0.4, 0.5) is 13.6 Å². The quantitative estimate of drug-likeness (QED) is 0.717. The highest BCUT2D eigenvalue weighted by molar-refractivity contribution is 5.90. The van der Waals surface area contributed by atoms with Crippen LogP contribution in [0.1, 0.15) is 20.3 Å². The second-order valence-corrected chi connectivity index (χ2v) is 7.42. The van der Waals surface area contributed by atoms with Gasteiger partial charge in [-0.15, -0.1) is 5.10 Å². The monoisotopic (exact) mass is 435 g/mol. The summed E-state index contributed by atoms with van der Waals surface area (Å²) in [4.78, 5) is 37.6. The molecule has 2 aromatic rings. The molecule has 0 radical (unpaired) electrons. The number of benzene rings is 1. The summed E-state index contributed by atoms with van der Waals surface area (Å²) in [5.74, 6) is -1.74. The standard InChI is InChI=1S/C20H23F2N5O4/c1-11(2)14(22)8-24-18(29)16-7-12(21)9-26(16)17(28)10-27-15-6-4-3-5-13(15)19(25-27)31-20(23)30/h3-6,12,16H,7-10H2,1-2H3,(H2,23,30)(H,24,29)/t12-,16+/m1/s1. The van der Waals surface area contributed by atoms with E-state index in [9.17, 15) is 23.2 Å². The van der Waals surface area contributed by atoms with E-state index in [1.54, 1.807) is 38.1 Å². The number of fused-ring (bicyclic) bond motifs is 1. The molecular formula is C20H23F2N5O4. The maximum absolute atomic E-state index is 14.1. The number of hydrogen-bond acceptors (Lipinski definition) is 5. The third kappa shape index (κ3) is 4.98. The van der Waals surface area contributed by atoms with Gasteiger partial charge in [0.25, 0.3) is 5.88 Å². The number of alkyl halides is 1. The van der Waals surface area contributed by atoms with E-state index in [2.05, 4.69) is 10.4 Å². The van der Waals surface area contributed by atoms with Gasteiger partial charge in [0.15, 0.2) is 0 Å². The zero-order chi connectivity index (χ0) is 22.7. The summed E-state index contributed by atoms with van der Waals surface area (Å²) in [5, 5.41) is 6.97. The first-order valence-electron chi connectivity index (χ1n) is 9.63. The van der Waals surface area contributed by atoms with Crippen molar-refractivity contribution >= 4 is 28.8 Å². The van der Waals surface area contributed by atoms with Gasteiger partial charge in [0.2, 0.25) is 11.8 Å². The van der Waals surface area contributed by atoms with Gasteiger partial charge in [-0.05, 0) is 31.6 Å². The van der Waals surface area contributed by atoms with Crippen LogP contribution in [0.2, 0.25) is 0 Å². The maximum Gasteiger partial charge on any atom is 0.411 e. The fourth-order valence-electron chi connectivity index (χ4n) is 3.38. The van der Waals surface area contributed by atoms with Gasteiger partial charge in [0.05, 0.1) is 24.0 Å². The van der Waals surface area contributed by atoms with Crippen LogP contribution >= 0.6 is 0 Å². The molecule has 166 valence electrons. The van der Waals surface area contributed by atoms with Crippen molar-refractivity contribution in [2.24, 2.45) is 5.73 Å². The Balaban J connectivity index is 1.78. The molecule has 2 heterocycles. The third-order valence-corrected chi connectivity index (χ3v) is 4.94. The first kappa shape index (κ1) is 22.2. The van der Waals surface area contributed by atoms with E-state index in [1.165, 1.54) is 4.68 Å². The molecule has 0 spiro atoms. The normalized spacial score (nSPS) is 18.1. The van der Waals surface area contributed by atoms with Crippen molar-refractivity contribution in [3.63, 3.8) is 0 Å². The molecule has 1 fully saturated rings. The molecule has 9 nitrogen and oxygen atoms in total. The Hall–Kier alpha value is -3.50. The lowest BCUT2D eigenvalue weighted by molar-refractivity contribution is -0.139. The second-order valence-electron chi connectivity index (χ2n) is 7.42. The predicted octanol–water partition coefficient (Wildman–Crippen LogP) is 1.81. The van der Waals surface area contributed by atoms with Crippen molar-refractivity contribution in [2.45, 2.75) is 39.0 Å². The Morgan fingerprint density at radius 2 is 2.00 bits per heavy atom. The second kappa shape index (κ2) is 9.11. The van der Waals surface area contributed by atoms with Gasteiger partial charge < -0.3 is 20.7 Å². The summed E-state index contributed by atoms with van der Waals surface area (Å²) >= 11 is 0. The molecule has 1 aromatic carbocycles. The van der Waals surface area contributed by atoms with E-state index in [-0.39, 0.29) is 31.9 Å². The number of amides is 3. The van der Waals surface area contributed by atoms with Crippen molar-refractivity contribution in [1.29, 1.82) is 0 Å². The Bertz CT molecular complexity index is 1050. The molecule has 1 aliphatic heterocycles. The summed E-state index contributed by atoms with van der Waals surface area (Å²) < 4.78 is 33.9. The van der Waals surface area contributed by atoms with Crippen LogP contribution in [0, 0.1) is 0 Å². The van der Waals surface area contributed by atoms with Gasteiger partial charge >= 0.3 is 6.09 Å². The highest BCUT2D eigenvalue weighted by atomic mass is 19.1. The molecule has 0 aliphatic carbocycles. The largest absolute Gasteiger partial charge is 0.411 e. The minimum atomic E-state index is -1.38. The van der Waals surface area contributed by atoms with Gasteiger partial charge in [0, 0.05) is 6.42 Å². The molecule has 1 aromatic heterocycles. The number of primary amides is 1. The van der Waals surface area contributed by atoms with Crippen molar-refractivity contribution in [3.8, 4) is 5.88 Å². The maximum atomic E-state index is 14.1. The van der Waals surface area contributed by atoms with Crippen LogP contribution in [0.15, 0.2) is 35.7 Å². The number of ether oxygens (including phenoxy) is 1. The Morgan fingerprint density at radius 3 is 2.68 bits per heavy atom. The Kier molecular flexibility index (Phi) is 6.52. The topological polar surface area (TPSA) is 120 Å². The minimum absolute atomic E-state index is 0.0628. The fraction of sp³-hybridized carbons (Fsp3) is 0.400. The van der Waals surface area contributed by atoms with Gasteiger partial charge in [-0.1, -0.05) is 12.1 Å². The minimum Gasteiger partial charge on any atom is -0.389 e. The molecule has 3 N–H and O–H groups in total. The van der Waals surface area contributed by atoms with E-state index in [0.29, 0.717) is 16.5 Å². The average Bonchev–Trinajstić information content (AvgIpc) is 3.26. The predicted molar refractivity (Wildman–Crippen MR) is 107 cm³/mol. The fourth-order valence-corrected chi connectivity index (χ4v) is 3.38. The molecule has 3 rings (SSSR count). The third-order valence-electron chi connectivity index (χ3n) is 4.94. The molecule has 0 saturated carbocycles. The summed E-state index contributed by atoms with van der Waals surface area (Å²) in [5.41, 5.74) is 5.97. The van der Waals surface area contributed by atoms with E-state index in [1.807, 2.05) is 0 Å². The summed E-state index contributed by atoms with van der Waals surface area (Å²) in [6.45, 7) is 2.23. The number of nitrogens with one attached hydrogen (secondary N) is 1. The first-order valence-corrected chi connectivity index (χ1v) is 9.63. The lowest BCUT2D eigenvalue weighted by Gasteiger charge is -2.23. The molecule has 2 atom stereocenters. The number of rotatable bonds is 6. The highest BCUT2D eigenvalue weighted by Gasteiger charge is 2.40. The van der Waals surface area contributed by atoms with E-state index in [4.69, 9.17) is 10.5 Å². The van der Waals surface area contributed by atoms with Gasteiger partial charge in [-0.25, -0.2) is 13.6 Å². The molecular weight excluding hydrogens is 412 g/mol. The zero-order valence-corrected chi connectivity index (χ0v) is 17.1. The van der Waals surface area contributed by atoms with Crippen molar-refractivity contribution in [1.82, 2.24) is 20.0 Å². The molecule has 1 saturated heterocycles. The summed E-state index contributed by atoms with van der Waals surface area (Å²) in [6.07, 6.45) is -2.61. The lowest BCUT2D eigenvalue weighted by Crippen LogP contribution is -2.47. The average molecular weight is 435 g/mol. The van der Waals surface area contributed by atoms with Crippen molar-refractivity contribution < 1.29 is 27.9 Å². The molecule has 0 bridgehead atoms. The van der Waals surface area contributed by atoms with Crippen molar-refractivity contribution in [2.75, 3.05) is 13.1 Å². The SMILES string of the molecule is CC(C)=C(F)CNC(=O)[C@@H]1C[C@@H](F)CN1C(=O)Cn1nc(OC(N)=O)c2ccccc21. The number of carbonyl (C=O) groups is 3. The number of halogens is 2. The smallest absolute Gasteiger partial charge is 0.389 e. The van der Waals surface area contributed by atoms with Crippen LogP contribution in [0.25, 0.3) is 10.9 Å². The van der Waals surface area contributed by atoms with Crippen LogP contribution in [-0.2, 0) is 16.1 Å². The Morgan fingerprint density at radius 1 is 1.29 bits per heavy atom. The number of para-hydroxylation sites is 1. The summed E-state index contributed by atoms with van der Waals surface area (Å²) in [6, 6.07) is 5.65. The number of aromatic nitrogens is 2. The number of likely N-dealkylation sites (tertiary alicyclic amines) is 1. The van der Waals surface area contributed by atoms with E-state index < -0.39 is 35.9 Å². The van der Waals surface area contributed by atoms with Crippen LogP contribution < -0.4 is 15.8 Å². The lowest BCUT2D eigenvalue weighted by atomic mass is 10.2. The van der Waals surface area contributed by atoms with Crippen LogP contribution in [0.3, 0.4) is 0 Å². The van der Waals surface area contributed by atoms with Crippen LogP contribution in [-0.4, -0.2) is 57.9 Å². The first-order chi connectivity index (χ1) is 14.7. The number of allylic oxidation sites excluding steroid dienone is 1. The molecule has 3 amide bonds. The van der Waals surface area contributed by atoms with Gasteiger partial charge in [-0.3, -0.25) is 14.3 Å². The number of nitrogens with zero attached hydrogens (tertiary/aromatic N) is 3. The van der Waals surface area contributed by atoms with Gasteiger partial charge in [0.1, 0.15) is 24.6 Å². The highest BCUT2D eigenvalue weighted by Crippen LogP contribution is 2.26. The Labute approximate surface area is 176 Å². The van der Waals surface area contributed by atoms with Crippen LogP contribution in [0.5, 0.6) is 5.88 Å². The number of hydrogen-bond donors (Lipinski definition) is 2. The summed E-state index contributed by atoms with van der Waals surface area (Å²) in [7, 11) is 0. The van der Waals surface area contributed by atoms with Gasteiger partial charge in [-0.2, -0.15) is 0 Å². The molecule has 31 heavy (non-hydrogen) atoms. The molecule has 11 heteroatoms. The number of nitrogens with two attached hydrogens (primary N) is 1. The van der Waals surface area contributed by atoms with E-state index >= 15 is 0 Å². The zero-order valence-electron chi connectivity index (χ0n) is 17.1. The van der Waals surface area contributed by atoms with Crippen molar-refractivity contribution in [3.05, 3.63) is 35.7 Å². The van der Waals surface area contributed by atoms with E-state index in [0.717, 1.165) is 4.90 Å².